The van der Waals surface area contributed by atoms with E-state index in [9.17, 15) is 4.79 Å². The monoisotopic (exact) mass is 277 g/mol. The van der Waals surface area contributed by atoms with Gasteiger partial charge in [-0.15, -0.1) is 5.10 Å². The molecule has 1 unspecified atom stereocenters. The van der Waals surface area contributed by atoms with E-state index in [4.69, 9.17) is 0 Å². The second-order valence-corrected chi connectivity index (χ2v) is 5.51. The number of hydrogen-bond acceptors (Lipinski definition) is 5. The number of carbonyl (C=O) groups excluding carboxylic acids is 1. The summed E-state index contributed by atoms with van der Waals surface area (Å²) in [5.74, 6) is 0.0348. The Morgan fingerprint density at radius 3 is 2.63 bits per heavy atom. The largest absolute Gasteiger partial charge is 0.348 e. The van der Waals surface area contributed by atoms with Crippen LogP contribution in [0.1, 0.15) is 6.92 Å². The fourth-order valence-electron chi connectivity index (χ4n) is 1.56. The van der Waals surface area contributed by atoms with Gasteiger partial charge in [-0.25, -0.2) is 0 Å². The zero-order valence-corrected chi connectivity index (χ0v) is 11.8. The highest BCUT2D eigenvalue weighted by molar-refractivity contribution is 8.00. The zero-order chi connectivity index (χ0) is 13.8. The molecule has 0 aliphatic heterocycles. The van der Waals surface area contributed by atoms with Crippen molar-refractivity contribution >= 4 is 17.7 Å². The molecule has 1 heterocycles. The number of thioether (sulfide) groups is 1. The standard InChI is InChI=1S/C12H15N5OS/c1-9(11(18)16(2)3)19-12-13-14-15-17(12)10-7-5-4-6-8-10/h4-9H,1-3H3. The van der Waals surface area contributed by atoms with Crippen molar-refractivity contribution in [3.05, 3.63) is 30.3 Å². The Hall–Kier alpha value is -1.89. The normalized spacial score (nSPS) is 12.2. The maximum atomic E-state index is 11.8. The lowest BCUT2D eigenvalue weighted by molar-refractivity contribution is -0.127. The molecule has 19 heavy (non-hydrogen) atoms. The van der Waals surface area contributed by atoms with Crippen LogP contribution in [0.25, 0.3) is 5.69 Å². The average Bonchev–Trinajstić information content (AvgIpc) is 2.86. The van der Waals surface area contributed by atoms with Crippen LogP contribution in [0, 0.1) is 0 Å². The molecule has 1 aromatic carbocycles. The Kier molecular flexibility index (Phi) is 4.16. The van der Waals surface area contributed by atoms with Crippen LogP contribution in [-0.2, 0) is 4.79 Å². The van der Waals surface area contributed by atoms with Crippen LogP contribution in [0.2, 0.25) is 0 Å². The summed E-state index contributed by atoms with van der Waals surface area (Å²) < 4.78 is 1.63. The molecule has 0 bridgehead atoms. The molecule has 0 spiro atoms. The summed E-state index contributed by atoms with van der Waals surface area (Å²) >= 11 is 1.34. The Bertz CT molecular complexity index is 554. The molecule has 1 aromatic heterocycles. The molecule has 0 fully saturated rings. The molecule has 0 aliphatic carbocycles. The SMILES string of the molecule is CC(Sc1nnnn1-c1ccccc1)C(=O)N(C)C. The highest BCUT2D eigenvalue weighted by Crippen LogP contribution is 2.23. The van der Waals surface area contributed by atoms with Crippen molar-refractivity contribution < 1.29 is 4.79 Å². The number of benzene rings is 1. The predicted molar refractivity (Wildman–Crippen MR) is 73.2 cm³/mol. The van der Waals surface area contributed by atoms with Gasteiger partial charge in [0.15, 0.2) is 0 Å². The van der Waals surface area contributed by atoms with Crippen LogP contribution in [0.3, 0.4) is 0 Å². The maximum Gasteiger partial charge on any atom is 0.235 e. The number of rotatable bonds is 4. The number of carbonyl (C=O) groups is 1. The predicted octanol–water partition coefficient (Wildman–Crippen LogP) is 1.23. The second kappa shape index (κ2) is 5.83. The summed E-state index contributed by atoms with van der Waals surface area (Å²) in [6.45, 7) is 1.84. The van der Waals surface area contributed by atoms with E-state index in [1.807, 2.05) is 37.3 Å². The lowest BCUT2D eigenvalue weighted by atomic mass is 10.3. The Balaban J connectivity index is 2.19. The molecule has 1 atom stereocenters. The van der Waals surface area contributed by atoms with Gasteiger partial charge in [-0.3, -0.25) is 4.79 Å². The molecule has 0 saturated carbocycles. The molecule has 1 amide bonds. The third-order valence-corrected chi connectivity index (χ3v) is 3.53. The first-order valence-electron chi connectivity index (χ1n) is 5.81. The van der Waals surface area contributed by atoms with Gasteiger partial charge in [0, 0.05) is 14.1 Å². The molecule has 0 aliphatic rings. The fraction of sp³-hybridized carbons (Fsp3) is 0.333. The van der Waals surface area contributed by atoms with Crippen LogP contribution < -0.4 is 0 Å². The third kappa shape index (κ3) is 3.11. The number of amides is 1. The number of para-hydroxylation sites is 1. The van der Waals surface area contributed by atoms with E-state index >= 15 is 0 Å². The highest BCUT2D eigenvalue weighted by atomic mass is 32.2. The van der Waals surface area contributed by atoms with Crippen molar-refractivity contribution in [2.75, 3.05) is 14.1 Å². The van der Waals surface area contributed by atoms with Crippen LogP contribution in [-0.4, -0.2) is 50.4 Å². The second-order valence-electron chi connectivity index (χ2n) is 4.20. The minimum Gasteiger partial charge on any atom is -0.348 e. The first kappa shape index (κ1) is 13.5. The minimum absolute atomic E-state index is 0.0348. The van der Waals surface area contributed by atoms with E-state index in [0.717, 1.165) is 5.69 Å². The smallest absolute Gasteiger partial charge is 0.235 e. The summed E-state index contributed by atoms with van der Waals surface area (Å²) in [6, 6.07) is 9.59. The van der Waals surface area contributed by atoms with Crippen molar-refractivity contribution in [1.82, 2.24) is 25.1 Å². The summed E-state index contributed by atoms with van der Waals surface area (Å²) in [7, 11) is 3.47. The summed E-state index contributed by atoms with van der Waals surface area (Å²) in [6.07, 6.45) is 0. The van der Waals surface area contributed by atoms with Crippen molar-refractivity contribution in [2.45, 2.75) is 17.3 Å². The topological polar surface area (TPSA) is 63.9 Å². The van der Waals surface area contributed by atoms with Gasteiger partial charge in [0.25, 0.3) is 0 Å². The Labute approximate surface area is 115 Å². The molecule has 2 aromatic rings. The first-order chi connectivity index (χ1) is 9.09. The van der Waals surface area contributed by atoms with Gasteiger partial charge in [-0.1, -0.05) is 30.0 Å². The molecular formula is C12H15N5OS. The van der Waals surface area contributed by atoms with Gasteiger partial charge in [-0.05, 0) is 29.5 Å². The molecule has 7 heteroatoms. The van der Waals surface area contributed by atoms with Crippen LogP contribution in [0.5, 0.6) is 0 Å². The van der Waals surface area contributed by atoms with E-state index in [2.05, 4.69) is 15.5 Å². The molecule has 0 saturated heterocycles. The quantitative estimate of drug-likeness (QED) is 0.787. The van der Waals surface area contributed by atoms with Gasteiger partial charge in [0.1, 0.15) is 0 Å². The lowest BCUT2D eigenvalue weighted by Gasteiger charge is -2.15. The van der Waals surface area contributed by atoms with E-state index in [0.29, 0.717) is 5.16 Å². The van der Waals surface area contributed by atoms with Crippen molar-refractivity contribution in [3.63, 3.8) is 0 Å². The van der Waals surface area contributed by atoms with E-state index in [1.54, 1.807) is 23.7 Å². The van der Waals surface area contributed by atoms with Gasteiger partial charge in [0.2, 0.25) is 11.1 Å². The summed E-state index contributed by atoms with van der Waals surface area (Å²) in [4.78, 5) is 13.4. The molecular weight excluding hydrogens is 262 g/mol. The first-order valence-corrected chi connectivity index (χ1v) is 6.69. The van der Waals surface area contributed by atoms with Crippen LogP contribution in [0.4, 0.5) is 0 Å². The number of aromatic nitrogens is 4. The van der Waals surface area contributed by atoms with Gasteiger partial charge in [-0.2, -0.15) is 4.68 Å². The van der Waals surface area contributed by atoms with E-state index < -0.39 is 0 Å². The molecule has 100 valence electrons. The zero-order valence-electron chi connectivity index (χ0n) is 11.0. The molecule has 0 N–H and O–H groups in total. The Morgan fingerprint density at radius 2 is 2.00 bits per heavy atom. The van der Waals surface area contributed by atoms with Crippen LogP contribution in [0.15, 0.2) is 35.5 Å². The minimum atomic E-state index is -0.233. The lowest BCUT2D eigenvalue weighted by Crippen LogP contribution is -2.29. The van der Waals surface area contributed by atoms with Crippen molar-refractivity contribution in [1.29, 1.82) is 0 Å². The number of tetrazole rings is 1. The average molecular weight is 277 g/mol. The third-order valence-electron chi connectivity index (χ3n) is 2.51. The number of nitrogens with zero attached hydrogens (tertiary/aromatic N) is 5. The molecule has 6 nitrogen and oxygen atoms in total. The molecule has 2 rings (SSSR count). The summed E-state index contributed by atoms with van der Waals surface area (Å²) in [5.41, 5.74) is 0.875. The number of hydrogen-bond donors (Lipinski definition) is 0. The van der Waals surface area contributed by atoms with Crippen LogP contribution >= 0.6 is 11.8 Å². The maximum absolute atomic E-state index is 11.8. The van der Waals surface area contributed by atoms with E-state index in [1.165, 1.54) is 11.8 Å². The Morgan fingerprint density at radius 1 is 1.32 bits per heavy atom. The fourth-order valence-corrected chi connectivity index (χ4v) is 2.51. The molecule has 0 radical (unpaired) electrons. The van der Waals surface area contributed by atoms with E-state index in [-0.39, 0.29) is 11.2 Å². The van der Waals surface area contributed by atoms with Crippen molar-refractivity contribution in [2.24, 2.45) is 0 Å². The van der Waals surface area contributed by atoms with Gasteiger partial charge in [0.05, 0.1) is 10.9 Å². The van der Waals surface area contributed by atoms with Gasteiger partial charge < -0.3 is 4.90 Å². The van der Waals surface area contributed by atoms with Crippen molar-refractivity contribution in [3.8, 4) is 5.69 Å². The highest BCUT2D eigenvalue weighted by Gasteiger charge is 2.20. The van der Waals surface area contributed by atoms with Gasteiger partial charge >= 0.3 is 0 Å². The summed E-state index contributed by atoms with van der Waals surface area (Å²) in [5, 5.41) is 12.0.